The summed E-state index contributed by atoms with van der Waals surface area (Å²) in [6, 6.07) is 4.39. The molecular weight excluding hydrogens is 217 g/mol. The molecule has 1 atom stereocenters. The molecular formula is C14H16FNO. The lowest BCUT2D eigenvalue weighted by atomic mass is 10.0. The first-order valence-corrected chi connectivity index (χ1v) is 5.88. The molecule has 0 aliphatic heterocycles. The number of benzene rings is 1. The number of aryl methyl sites for hydroxylation is 1. The quantitative estimate of drug-likeness (QED) is 0.796. The maximum atomic E-state index is 12.9. The van der Waals surface area contributed by atoms with Gasteiger partial charge in [0, 0.05) is 12.1 Å². The second kappa shape index (κ2) is 5.13. The first kappa shape index (κ1) is 11.8. The molecule has 1 aliphatic rings. The van der Waals surface area contributed by atoms with Crippen molar-refractivity contribution in [2.75, 3.05) is 5.32 Å². The minimum absolute atomic E-state index is 0.00346. The Balaban J connectivity index is 1.95. The predicted octanol–water partition coefficient (Wildman–Crippen LogP) is 3.43. The zero-order valence-electron chi connectivity index (χ0n) is 9.87. The summed E-state index contributed by atoms with van der Waals surface area (Å²) in [4.78, 5) is 11.8. The third-order valence-corrected chi connectivity index (χ3v) is 3.02. The van der Waals surface area contributed by atoms with E-state index >= 15 is 0 Å². The zero-order chi connectivity index (χ0) is 12.3. The van der Waals surface area contributed by atoms with Crippen molar-refractivity contribution in [3.63, 3.8) is 0 Å². The van der Waals surface area contributed by atoms with Gasteiger partial charge in [0.2, 0.25) is 5.91 Å². The Hall–Kier alpha value is -1.64. The van der Waals surface area contributed by atoms with E-state index in [0.717, 1.165) is 18.4 Å². The van der Waals surface area contributed by atoms with E-state index in [1.54, 1.807) is 13.0 Å². The van der Waals surface area contributed by atoms with Gasteiger partial charge < -0.3 is 5.32 Å². The summed E-state index contributed by atoms with van der Waals surface area (Å²) in [7, 11) is 0. The standard InChI is InChI=1S/C14H16FNO/c1-10-8-12(15)6-7-13(10)16-14(17)9-11-4-2-3-5-11/h2,4,6-8,11H,3,5,9H2,1H3,(H,16,17)/t11-/m1/s1. The normalized spacial score (nSPS) is 18.4. The van der Waals surface area contributed by atoms with Crippen molar-refractivity contribution in [1.29, 1.82) is 0 Å². The van der Waals surface area contributed by atoms with Gasteiger partial charge in [-0.2, -0.15) is 0 Å². The van der Waals surface area contributed by atoms with Gasteiger partial charge in [0.1, 0.15) is 5.82 Å². The second-order valence-corrected chi connectivity index (χ2v) is 4.48. The number of amides is 1. The van der Waals surface area contributed by atoms with E-state index in [4.69, 9.17) is 0 Å². The Morgan fingerprint density at radius 3 is 3.00 bits per heavy atom. The number of carbonyl (C=O) groups is 1. The van der Waals surface area contributed by atoms with Crippen LogP contribution < -0.4 is 5.32 Å². The fraction of sp³-hybridized carbons (Fsp3) is 0.357. The maximum absolute atomic E-state index is 12.9. The summed E-state index contributed by atoms with van der Waals surface area (Å²) in [5.41, 5.74) is 1.44. The van der Waals surface area contributed by atoms with E-state index in [-0.39, 0.29) is 11.7 Å². The number of halogens is 1. The van der Waals surface area contributed by atoms with E-state index < -0.39 is 0 Å². The number of nitrogens with one attached hydrogen (secondary N) is 1. The van der Waals surface area contributed by atoms with Gasteiger partial charge in [-0.25, -0.2) is 4.39 Å². The lowest BCUT2D eigenvalue weighted by Gasteiger charge is -2.10. The van der Waals surface area contributed by atoms with Crippen LogP contribution in [0, 0.1) is 18.7 Å². The minimum atomic E-state index is -0.278. The largest absolute Gasteiger partial charge is 0.326 e. The van der Waals surface area contributed by atoms with Crippen molar-refractivity contribution in [2.24, 2.45) is 5.92 Å². The van der Waals surface area contributed by atoms with E-state index in [0.29, 0.717) is 18.0 Å². The van der Waals surface area contributed by atoms with Crippen LogP contribution in [0.5, 0.6) is 0 Å². The van der Waals surface area contributed by atoms with Crippen molar-refractivity contribution in [2.45, 2.75) is 26.2 Å². The molecule has 0 saturated carbocycles. The van der Waals surface area contributed by atoms with Crippen LogP contribution in [0.3, 0.4) is 0 Å². The van der Waals surface area contributed by atoms with Crippen molar-refractivity contribution in [1.82, 2.24) is 0 Å². The Bertz CT molecular complexity index is 454. The summed E-state index contributed by atoms with van der Waals surface area (Å²) in [5, 5.41) is 2.82. The summed E-state index contributed by atoms with van der Waals surface area (Å²) in [6.07, 6.45) is 6.83. The Kier molecular flexibility index (Phi) is 3.57. The lowest BCUT2D eigenvalue weighted by Crippen LogP contribution is -2.15. The van der Waals surface area contributed by atoms with Gasteiger partial charge in [-0.15, -0.1) is 0 Å². The van der Waals surface area contributed by atoms with E-state index in [9.17, 15) is 9.18 Å². The van der Waals surface area contributed by atoms with Gasteiger partial charge >= 0.3 is 0 Å². The second-order valence-electron chi connectivity index (χ2n) is 4.48. The maximum Gasteiger partial charge on any atom is 0.224 e. The molecule has 1 aromatic rings. The molecule has 1 N–H and O–H groups in total. The fourth-order valence-electron chi connectivity index (χ4n) is 2.07. The van der Waals surface area contributed by atoms with E-state index in [1.165, 1.54) is 12.1 Å². The average Bonchev–Trinajstić information content (AvgIpc) is 2.75. The van der Waals surface area contributed by atoms with Gasteiger partial charge in [0.05, 0.1) is 0 Å². The van der Waals surface area contributed by atoms with Crippen LogP contribution >= 0.6 is 0 Å². The zero-order valence-corrected chi connectivity index (χ0v) is 9.87. The minimum Gasteiger partial charge on any atom is -0.326 e. The van der Waals surface area contributed by atoms with Gasteiger partial charge in [-0.3, -0.25) is 4.79 Å². The molecule has 1 amide bonds. The predicted molar refractivity (Wildman–Crippen MR) is 66.2 cm³/mol. The molecule has 0 unspecified atom stereocenters. The van der Waals surface area contributed by atoms with Crippen molar-refractivity contribution in [3.8, 4) is 0 Å². The molecule has 0 bridgehead atoms. The molecule has 0 saturated heterocycles. The van der Waals surface area contributed by atoms with E-state index in [1.807, 2.05) is 0 Å². The topological polar surface area (TPSA) is 29.1 Å². The number of anilines is 1. The summed E-state index contributed by atoms with van der Waals surface area (Å²) < 4.78 is 12.9. The number of carbonyl (C=O) groups excluding carboxylic acids is 1. The molecule has 1 aromatic carbocycles. The average molecular weight is 233 g/mol. The van der Waals surface area contributed by atoms with Crippen molar-refractivity contribution < 1.29 is 9.18 Å². The molecule has 90 valence electrons. The highest BCUT2D eigenvalue weighted by molar-refractivity contribution is 5.91. The third kappa shape index (κ3) is 3.16. The molecule has 0 radical (unpaired) electrons. The number of hydrogen-bond acceptors (Lipinski definition) is 1. The molecule has 2 rings (SSSR count). The first-order valence-electron chi connectivity index (χ1n) is 5.88. The highest BCUT2D eigenvalue weighted by atomic mass is 19.1. The van der Waals surface area contributed by atoms with Gasteiger partial charge in [0.15, 0.2) is 0 Å². The summed E-state index contributed by atoms with van der Waals surface area (Å²) in [6.45, 7) is 1.79. The third-order valence-electron chi connectivity index (χ3n) is 3.02. The first-order chi connectivity index (χ1) is 8.15. The molecule has 3 heteroatoms. The SMILES string of the molecule is Cc1cc(F)ccc1NC(=O)C[C@@H]1C=CCC1. The van der Waals surface area contributed by atoms with Crippen molar-refractivity contribution >= 4 is 11.6 Å². The Morgan fingerprint density at radius 1 is 1.53 bits per heavy atom. The van der Waals surface area contributed by atoms with E-state index in [2.05, 4.69) is 17.5 Å². The van der Waals surface area contributed by atoms with Crippen LogP contribution in [0.15, 0.2) is 30.4 Å². The van der Waals surface area contributed by atoms with Gasteiger partial charge in [-0.05, 0) is 49.4 Å². The number of rotatable bonds is 3. The van der Waals surface area contributed by atoms with Gasteiger partial charge in [0.25, 0.3) is 0 Å². The molecule has 0 aromatic heterocycles. The lowest BCUT2D eigenvalue weighted by molar-refractivity contribution is -0.116. The monoisotopic (exact) mass is 233 g/mol. The molecule has 17 heavy (non-hydrogen) atoms. The Morgan fingerprint density at radius 2 is 2.35 bits per heavy atom. The summed E-state index contributed by atoms with van der Waals surface area (Å²) >= 11 is 0. The molecule has 0 heterocycles. The van der Waals surface area contributed by atoms with Crippen LogP contribution in [0.2, 0.25) is 0 Å². The molecule has 1 aliphatic carbocycles. The van der Waals surface area contributed by atoms with Crippen molar-refractivity contribution in [3.05, 3.63) is 41.7 Å². The van der Waals surface area contributed by atoms with Crippen LogP contribution in [-0.4, -0.2) is 5.91 Å². The smallest absolute Gasteiger partial charge is 0.224 e. The van der Waals surface area contributed by atoms with Gasteiger partial charge in [-0.1, -0.05) is 12.2 Å². The molecule has 2 nitrogen and oxygen atoms in total. The molecule has 0 fully saturated rings. The van der Waals surface area contributed by atoms with Crippen LogP contribution in [0.25, 0.3) is 0 Å². The molecule has 0 spiro atoms. The Labute approximate surface area is 101 Å². The highest BCUT2D eigenvalue weighted by Crippen LogP contribution is 2.22. The van der Waals surface area contributed by atoms with Crippen LogP contribution in [0.4, 0.5) is 10.1 Å². The van der Waals surface area contributed by atoms with Crippen LogP contribution in [0.1, 0.15) is 24.8 Å². The number of allylic oxidation sites excluding steroid dienone is 2. The number of hydrogen-bond donors (Lipinski definition) is 1. The van der Waals surface area contributed by atoms with Crippen LogP contribution in [-0.2, 0) is 4.79 Å². The fourth-order valence-corrected chi connectivity index (χ4v) is 2.07. The highest BCUT2D eigenvalue weighted by Gasteiger charge is 2.14. The summed E-state index contributed by atoms with van der Waals surface area (Å²) in [5.74, 6) is 0.0752.